The minimum Gasteiger partial charge on any atom is -0.502 e. The van der Waals surface area contributed by atoms with Gasteiger partial charge in [0.25, 0.3) is 5.91 Å². The SMILES string of the molecule is COc1ccc(CNC(=O)/C(C#N)=C/C=C/c2cc(OC)c(O)c(OC)c2)cc1OC. The van der Waals surface area contributed by atoms with Gasteiger partial charge in [-0.05, 0) is 41.5 Å². The van der Waals surface area contributed by atoms with Gasteiger partial charge in [0.2, 0.25) is 5.75 Å². The molecule has 162 valence electrons. The Morgan fingerprint density at radius 2 is 1.61 bits per heavy atom. The molecule has 0 bridgehead atoms. The Hall–Kier alpha value is -4.12. The molecule has 0 radical (unpaired) electrons. The molecule has 2 aromatic carbocycles. The normalized spacial score (nSPS) is 11.0. The highest BCUT2D eigenvalue weighted by molar-refractivity contribution is 5.97. The molecular weight excluding hydrogens is 400 g/mol. The number of carbonyl (C=O) groups excluding carboxylic acids is 1. The Morgan fingerprint density at radius 1 is 1.00 bits per heavy atom. The summed E-state index contributed by atoms with van der Waals surface area (Å²) in [4.78, 5) is 12.3. The topological polar surface area (TPSA) is 110 Å². The number of nitrogens with zero attached hydrogens (tertiary/aromatic N) is 1. The van der Waals surface area contributed by atoms with Gasteiger partial charge in [0.1, 0.15) is 11.6 Å². The summed E-state index contributed by atoms with van der Waals surface area (Å²) in [7, 11) is 5.93. The fourth-order valence-corrected chi connectivity index (χ4v) is 2.70. The van der Waals surface area contributed by atoms with E-state index in [-0.39, 0.29) is 29.4 Å². The van der Waals surface area contributed by atoms with Gasteiger partial charge in [-0.3, -0.25) is 4.79 Å². The molecule has 0 unspecified atom stereocenters. The molecule has 2 N–H and O–H groups in total. The molecule has 31 heavy (non-hydrogen) atoms. The van der Waals surface area contributed by atoms with E-state index in [1.165, 1.54) is 27.4 Å². The van der Waals surface area contributed by atoms with E-state index < -0.39 is 5.91 Å². The highest BCUT2D eigenvalue weighted by Crippen LogP contribution is 2.37. The average molecular weight is 424 g/mol. The van der Waals surface area contributed by atoms with Gasteiger partial charge in [0, 0.05) is 6.54 Å². The average Bonchev–Trinajstić information content (AvgIpc) is 2.80. The minimum atomic E-state index is -0.511. The monoisotopic (exact) mass is 424 g/mol. The lowest BCUT2D eigenvalue weighted by Crippen LogP contribution is -2.24. The Morgan fingerprint density at radius 3 is 2.16 bits per heavy atom. The van der Waals surface area contributed by atoms with Crippen molar-refractivity contribution >= 4 is 12.0 Å². The first kappa shape index (κ1) is 23.2. The van der Waals surface area contributed by atoms with E-state index in [0.29, 0.717) is 17.1 Å². The molecule has 0 aromatic heterocycles. The molecule has 2 aromatic rings. The molecule has 8 nitrogen and oxygen atoms in total. The van der Waals surface area contributed by atoms with Crippen molar-refractivity contribution in [3.63, 3.8) is 0 Å². The zero-order valence-electron chi connectivity index (χ0n) is 17.8. The zero-order valence-corrected chi connectivity index (χ0v) is 17.8. The van der Waals surface area contributed by atoms with Crippen molar-refractivity contribution in [1.82, 2.24) is 5.32 Å². The van der Waals surface area contributed by atoms with E-state index in [0.717, 1.165) is 5.56 Å². The molecular formula is C23H24N2O6. The molecule has 2 rings (SSSR count). The second kappa shape index (κ2) is 11.2. The van der Waals surface area contributed by atoms with Crippen LogP contribution in [0, 0.1) is 11.3 Å². The largest absolute Gasteiger partial charge is 0.502 e. The van der Waals surface area contributed by atoms with E-state index in [2.05, 4.69) is 5.32 Å². The van der Waals surface area contributed by atoms with Crippen molar-refractivity contribution in [3.05, 3.63) is 59.2 Å². The summed E-state index contributed by atoms with van der Waals surface area (Å²) in [5.41, 5.74) is 1.39. The number of hydrogen-bond donors (Lipinski definition) is 2. The second-order valence-electron chi connectivity index (χ2n) is 6.20. The number of phenolic OH excluding ortho intramolecular Hbond substituents is 1. The van der Waals surface area contributed by atoms with E-state index in [4.69, 9.17) is 18.9 Å². The van der Waals surface area contributed by atoms with Gasteiger partial charge in [-0.2, -0.15) is 5.26 Å². The number of hydrogen-bond acceptors (Lipinski definition) is 7. The first-order chi connectivity index (χ1) is 15.0. The fourth-order valence-electron chi connectivity index (χ4n) is 2.70. The number of carbonyl (C=O) groups is 1. The van der Waals surface area contributed by atoms with Crippen LogP contribution in [0.3, 0.4) is 0 Å². The number of ether oxygens (including phenoxy) is 4. The first-order valence-electron chi connectivity index (χ1n) is 9.19. The lowest BCUT2D eigenvalue weighted by atomic mass is 10.1. The van der Waals surface area contributed by atoms with Crippen LogP contribution in [0.5, 0.6) is 28.7 Å². The molecule has 0 aliphatic rings. The zero-order chi connectivity index (χ0) is 22.8. The molecule has 0 aliphatic heterocycles. The molecule has 0 atom stereocenters. The van der Waals surface area contributed by atoms with Crippen molar-refractivity contribution in [2.45, 2.75) is 6.54 Å². The Labute approximate surface area is 180 Å². The molecule has 0 aliphatic carbocycles. The number of amides is 1. The number of nitrogens with one attached hydrogen (secondary N) is 1. The van der Waals surface area contributed by atoms with Gasteiger partial charge in [-0.1, -0.05) is 18.2 Å². The number of rotatable bonds is 9. The third kappa shape index (κ3) is 5.93. The van der Waals surface area contributed by atoms with Gasteiger partial charge in [-0.15, -0.1) is 0 Å². The summed E-state index contributed by atoms with van der Waals surface area (Å²) in [5.74, 6) is 1.01. The van der Waals surface area contributed by atoms with Crippen molar-refractivity contribution in [1.29, 1.82) is 5.26 Å². The van der Waals surface area contributed by atoms with Crippen LogP contribution in [-0.4, -0.2) is 39.5 Å². The molecule has 1 amide bonds. The Bertz CT molecular complexity index is 1010. The van der Waals surface area contributed by atoms with Crippen molar-refractivity contribution in [3.8, 4) is 34.8 Å². The Balaban J connectivity index is 2.10. The quantitative estimate of drug-likeness (QED) is 0.361. The van der Waals surface area contributed by atoms with Crippen molar-refractivity contribution < 1.29 is 28.8 Å². The molecule has 0 fully saturated rings. The molecule has 0 spiro atoms. The third-order valence-corrected chi connectivity index (χ3v) is 4.32. The summed E-state index contributed by atoms with van der Waals surface area (Å²) in [5, 5.41) is 22.0. The van der Waals surface area contributed by atoms with E-state index >= 15 is 0 Å². The van der Waals surface area contributed by atoms with E-state index in [9.17, 15) is 15.2 Å². The van der Waals surface area contributed by atoms with Crippen molar-refractivity contribution in [2.75, 3.05) is 28.4 Å². The van der Waals surface area contributed by atoms with Crippen LogP contribution in [0.4, 0.5) is 0 Å². The maximum Gasteiger partial charge on any atom is 0.262 e. The molecule has 8 heteroatoms. The van der Waals surface area contributed by atoms with Crippen LogP contribution in [0.25, 0.3) is 6.08 Å². The lowest BCUT2D eigenvalue weighted by Gasteiger charge is -2.10. The Kier molecular flexibility index (Phi) is 8.34. The highest BCUT2D eigenvalue weighted by Gasteiger charge is 2.11. The molecule has 0 saturated heterocycles. The number of methoxy groups -OCH3 is 4. The lowest BCUT2D eigenvalue weighted by molar-refractivity contribution is -0.117. The van der Waals surface area contributed by atoms with Crippen LogP contribution in [-0.2, 0) is 11.3 Å². The van der Waals surface area contributed by atoms with Crippen LogP contribution < -0.4 is 24.3 Å². The second-order valence-corrected chi connectivity index (χ2v) is 6.20. The van der Waals surface area contributed by atoms with Crippen LogP contribution in [0.1, 0.15) is 11.1 Å². The summed E-state index contributed by atoms with van der Waals surface area (Å²) < 4.78 is 20.6. The van der Waals surface area contributed by atoms with E-state index in [1.807, 2.05) is 6.07 Å². The molecule has 0 saturated carbocycles. The molecule has 0 heterocycles. The fraction of sp³-hybridized carbons (Fsp3) is 0.217. The van der Waals surface area contributed by atoms with Crippen LogP contribution >= 0.6 is 0 Å². The number of benzene rings is 2. The van der Waals surface area contributed by atoms with E-state index in [1.54, 1.807) is 49.6 Å². The summed E-state index contributed by atoms with van der Waals surface area (Å²) >= 11 is 0. The maximum atomic E-state index is 12.3. The first-order valence-corrected chi connectivity index (χ1v) is 9.19. The summed E-state index contributed by atoms with van der Waals surface area (Å²) in [6, 6.07) is 10.4. The number of nitriles is 1. The van der Waals surface area contributed by atoms with Gasteiger partial charge < -0.3 is 29.4 Å². The van der Waals surface area contributed by atoms with Crippen LogP contribution in [0.2, 0.25) is 0 Å². The van der Waals surface area contributed by atoms with Gasteiger partial charge in [-0.25, -0.2) is 0 Å². The third-order valence-electron chi connectivity index (χ3n) is 4.32. The van der Waals surface area contributed by atoms with Gasteiger partial charge in [0.05, 0.1) is 28.4 Å². The summed E-state index contributed by atoms with van der Waals surface area (Å²) in [6.07, 6.45) is 4.61. The minimum absolute atomic E-state index is 0.0607. The highest BCUT2D eigenvalue weighted by atomic mass is 16.5. The predicted octanol–water partition coefficient (Wildman–Crippen LogP) is 3.21. The number of phenols is 1. The smallest absolute Gasteiger partial charge is 0.262 e. The predicted molar refractivity (Wildman–Crippen MR) is 115 cm³/mol. The van der Waals surface area contributed by atoms with Crippen LogP contribution in [0.15, 0.2) is 48.1 Å². The van der Waals surface area contributed by atoms with Gasteiger partial charge >= 0.3 is 0 Å². The van der Waals surface area contributed by atoms with Gasteiger partial charge in [0.15, 0.2) is 23.0 Å². The number of allylic oxidation sites excluding steroid dienone is 2. The maximum absolute atomic E-state index is 12.3. The summed E-state index contributed by atoms with van der Waals surface area (Å²) in [6.45, 7) is 0.217. The van der Waals surface area contributed by atoms with Crippen molar-refractivity contribution in [2.24, 2.45) is 0 Å². The number of aromatic hydroxyl groups is 1. The standard InChI is InChI=1S/C23H24N2O6/c1-28-18-9-8-16(12-19(18)29-2)14-25-23(27)17(13-24)7-5-6-15-10-20(30-3)22(26)21(11-15)31-4/h5-12,26H,14H2,1-4H3,(H,25,27)/b6-5+,17-7+.